The molecule has 0 aliphatic heterocycles. The lowest BCUT2D eigenvalue weighted by Crippen LogP contribution is -2.21. The van der Waals surface area contributed by atoms with Crippen molar-refractivity contribution in [2.75, 3.05) is 6.54 Å². The van der Waals surface area contributed by atoms with Crippen LogP contribution in [0, 0.1) is 5.82 Å². The van der Waals surface area contributed by atoms with Gasteiger partial charge in [-0.3, -0.25) is 0 Å². The van der Waals surface area contributed by atoms with Gasteiger partial charge < -0.3 is 10.8 Å². The molecule has 1 atom stereocenters. The molecule has 0 saturated carbocycles. The Bertz CT molecular complexity index is 235. The SMILES string of the molecule is NC[C@@H](O)Cc1ccc(F)cc1. The standard InChI is InChI=1S/C9H12FNO/c10-8-3-1-7(2-4-8)5-9(12)6-11/h1-4,9,12H,5-6,11H2/t9-/m0/s1. The molecule has 1 aromatic carbocycles. The number of aliphatic hydroxyl groups is 1. The van der Waals surface area contributed by atoms with Crippen LogP contribution in [0.3, 0.4) is 0 Å². The maximum absolute atomic E-state index is 12.4. The summed E-state index contributed by atoms with van der Waals surface area (Å²) < 4.78 is 12.4. The van der Waals surface area contributed by atoms with Crippen LogP contribution in [0.2, 0.25) is 0 Å². The maximum atomic E-state index is 12.4. The van der Waals surface area contributed by atoms with E-state index < -0.39 is 6.10 Å². The number of halogens is 1. The molecule has 0 aliphatic rings. The quantitative estimate of drug-likeness (QED) is 0.699. The fraction of sp³-hybridized carbons (Fsp3) is 0.333. The molecule has 0 spiro atoms. The van der Waals surface area contributed by atoms with Crippen LogP contribution in [0.25, 0.3) is 0 Å². The molecule has 3 heteroatoms. The minimum atomic E-state index is -0.532. The first-order chi connectivity index (χ1) is 5.72. The Kier molecular flexibility index (Phi) is 3.19. The van der Waals surface area contributed by atoms with Crippen molar-refractivity contribution in [1.82, 2.24) is 0 Å². The van der Waals surface area contributed by atoms with Crippen LogP contribution in [0.1, 0.15) is 5.56 Å². The van der Waals surface area contributed by atoms with Gasteiger partial charge >= 0.3 is 0 Å². The number of rotatable bonds is 3. The highest BCUT2D eigenvalue weighted by Crippen LogP contribution is 2.04. The number of aliphatic hydroxyl groups excluding tert-OH is 1. The number of nitrogens with two attached hydrogens (primary N) is 1. The lowest BCUT2D eigenvalue weighted by atomic mass is 10.1. The van der Waals surface area contributed by atoms with Crippen LogP contribution in [0.4, 0.5) is 4.39 Å². The zero-order chi connectivity index (χ0) is 8.97. The first-order valence-corrected chi connectivity index (χ1v) is 3.85. The summed E-state index contributed by atoms with van der Waals surface area (Å²) in [6.45, 7) is 0.234. The van der Waals surface area contributed by atoms with Gasteiger partial charge in [0.25, 0.3) is 0 Å². The van der Waals surface area contributed by atoms with Crippen molar-refractivity contribution in [3.8, 4) is 0 Å². The summed E-state index contributed by atoms with van der Waals surface area (Å²) in [4.78, 5) is 0. The summed E-state index contributed by atoms with van der Waals surface area (Å²) >= 11 is 0. The summed E-state index contributed by atoms with van der Waals surface area (Å²) in [6.07, 6.45) is -0.0491. The van der Waals surface area contributed by atoms with E-state index in [4.69, 9.17) is 10.8 Å². The van der Waals surface area contributed by atoms with Gasteiger partial charge in [-0.25, -0.2) is 4.39 Å². The van der Waals surface area contributed by atoms with Crippen molar-refractivity contribution in [2.45, 2.75) is 12.5 Å². The van der Waals surface area contributed by atoms with Crippen molar-refractivity contribution < 1.29 is 9.50 Å². The molecular formula is C9H12FNO. The average Bonchev–Trinajstić information content (AvgIpc) is 2.09. The summed E-state index contributed by atoms with van der Waals surface area (Å²) in [6, 6.07) is 6.04. The molecule has 66 valence electrons. The van der Waals surface area contributed by atoms with E-state index >= 15 is 0 Å². The minimum absolute atomic E-state index is 0.234. The van der Waals surface area contributed by atoms with Crippen LogP contribution < -0.4 is 5.73 Å². The predicted octanol–water partition coefficient (Wildman–Crippen LogP) is 0.688. The van der Waals surface area contributed by atoms with Gasteiger partial charge in [0.05, 0.1) is 6.10 Å². The third-order valence-corrected chi connectivity index (χ3v) is 1.66. The van der Waals surface area contributed by atoms with Crippen LogP contribution in [0.15, 0.2) is 24.3 Å². The lowest BCUT2D eigenvalue weighted by molar-refractivity contribution is 0.183. The predicted molar refractivity (Wildman–Crippen MR) is 45.2 cm³/mol. The molecule has 2 nitrogen and oxygen atoms in total. The molecule has 0 amide bonds. The van der Waals surface area contributed by atoms with Crippen molar-refractivity contribution in [1.29, 1.82) is 0 Å². The monoisotopic (exact) mass is 169 g/mol. The molecule has 0 fully saturated rings. The maximum Gasteiger partial charge on any atom is 0.123 e. The fourth-order valence-electron chi connectivity index (χ4n) is 0.976. The van der Waals surface area contributed by atoms with Gasteiger partial charge in [0, 0.05) is 6.54 Å². The van der Waals surface area contributed by atoms with E-state index in [9.17, 15) is 4.39 Å². The summed E-state index contributed by atoms with van der Waals surface area (Å²) in [7, 11) is 0. The van der Waals surface area contributed by atoms with Crippen LogP contribution in [0.5, 0.6) is 0 Å². The number of hydrogen-bond donors (Lipinski definition) is 2. The Labute approximate surface area is 70.8 Å². The average molecular weight is 169 g/mol. The van der Waals surface area contributed by atoms with Crippen molar-refractivity contribution >= 4 is 0 Å². The van der Waals surface area contributed by atoms with E-state index in [0.717, 1.165) is 5.56 Å². The smallest absolute Gasteiger partial charge is 0.123 e. The zero-order valence-electron chi connectivity index (χ0n) is 6.70. The highest BCUT2D eigenvalue weighted by atomic mass is 19.1. The molecule has 0 unspecified atom stereocenters. The van der Waals surface area contributed by atoms with E-state index in [2.05, 4.69) is 0 Å². The molecule has 0 bridgehead atoms. The van der Waals surface area contributed by atoms with Gasteiger partial charge in [0.2, 0.25) is 0 Å². The van der Waals surface area contributed by atoms with E-state index in [1.165, 1.54) is 12.1 Å². The molecular weight excluding hydrogens is 157 g/mol. The van der Waals surface area contributed by atoms with E-state index in [1.807, 2.05) is 0 Å². The van der Waals surface area contributed by atoms with Crippen LogP contribution in [-0.2, 0) is 6.42 Å². The van der Waals surface area contributed by atoms with Crippen LogP contribution in [-0.4, -0.2) is 17.8 Å². The normalized spacial score (nSPS) is 12.9. The molecule has 12 heavy (non-hydrogen) atoms. The molecule has 1 aromatic rings. The van der Waals surface area contributed by atoms with Gasteiger partial charge in [-0.05, 0) is 24.1 Å². The lowest BCUT2D eigenvalue weighted by Gasteiger charge is -2.06. The second-order valence-corrected chi connectivity index (χ2v) is 2.72. The second-order valence-electron chi connectivity index (χ2n) is 2.72. The van der Waals surface area contributed by atoms with E-state index in [1.54, 1.807) is 12.1 Å². The van der Waals surface area contributed by atoms with Gasteiger partial charge in [0.15, 0.2) is 0 Å². The topological polar surface area (TPSA) is 46.2 Å². The Balaban J connectivity index is 2.58. The third kappa shape index (κ3) is 2.60. The van der Waals surface area contributed by atoms with Gasteiger partial charge in [-0.15, -0.1) is 0 Å². The second kappa shape index (κ2) is 4.18. The number of benzene rings is 1. The molecule has 0 radical (unpaired) electrons. The Morgan fingerprint density at radius 3 is 2.42 bits per heavy atom. The highest BCUT2D eigenvalue weighted by molar-refractivity contribution is 5.16. The molecule has 0 saturated heterocycles. The number of hydrogen-bond acceptors (Lipinski definition) is 2. The highest BCUT2D eigenvalue weighted by Gasteiger charge is 2.02. The molecule has 0 aromatic heterocycles. The third-order valence-electron chi connectivity index (χ3n) is 1.66. The Morgan fingerprint density at radius 1 is 1.33 bits per heavy atom. The molecule has 0 heterocycles. The first kappa shape index (κ1) is 9.16. The molecule has 1 rings (SSSR count). The summed E-state index contributed by atoms with van der Waals surface area (Å²) in [5.74, 6) is -0.263. The van der Waals surface area contributed by atoms with Gasteiger partial charge in [0.1, 0.15) is 5.82 Å². The van der Waals surface area contributed by atoms with Gasteiger partial charge in [-0.1, -0.05) is 12.1 Å². The Hall–Kier alpha value is -0.930. The van der Waals surface area contributed by atoms with Crippen LogP contribution >= 0.6 is 0 Å². The minimum Gasteiger partial charge on any atom is -0.391 e. The molecule has 3 N–H and O–H groups in total. The van der Waals surface area contributed by atoms with E-state index in [0.29, 0.717) is 6.42 Å². The van der Waals surface area contributed by atoms with Crippen molar-refractivity contribution in [3.63, 3.8) is 0 Å². The first-order valence-electron chi connectivity index (χ1n) is 3.85. The van der Waals surface area contributed by atoms with Gasteiger partial charge in [-0.2, -0.15) is 0 Å². The molecule has 0 aliphatic carbocycles. The van der Waals surface area contributed by atoms with Crippen molar-refractivity contribution in [2.24, 2.45) is 5.73 Å². The zero-order valence-corrected chi connectivity index (χ0v) is 6.70. The summed E-state index contributed by atoms with van der Waals surface area (Å²) in [5.41, 5.74) is 6.12. The summed E-state index contributed by atoms with van der Waals surface area (Å²) in [5, 5.41) is 9.16. The van der Waals surface area contributed by atoms with Crippen molar-refractivity contribution in [3.05, 3.63) is 35.6 Å². The van der Waals surface area contributed by atoms with E-state index in [-0.39, 0.29) is 12.4 Å². The fourth-order valence-corrected chi connectivity index (χ4v) is 0.976. The largest absolute Gasteiger partial charge is 0.391 e. The Morgan fingerprint density at radius 2 is 1.92 bits per heavy atom.